The van der Waals surface area contributed by atoms with Crippen LogP contribution in [0.25, 0.3) is 6.08 Å². The molecule has 0 unspecified atom stereocenters. The molecule has 0 atom stereocenters. The molecule has 1 aromatic rings. The highest BCUT2D eigenvalue weighted by molar-refractivity contribution is 7.92. The second kappa shape index (κ2) is 4.37. The highest BCUT2D eigenvalue weighted by Crippen LogP contribution is 2.15. The van der Waals surface area contributed by atoms with Gasteiger partial charge in [0.15, 0.2) is 0 Å². The normalized spacial score (nSPS) is 18.8. The van der Waals surface area contributed by atoms with Gasteiger partial charge in [0.05, 0.1) is 6.10 Å². The Hall–Kier alpha value is -1.17. The van der Waals surface area contributed by atoms with Crippen LogP contribution in [0.3, 0.4) is 0 Å². The summed E-state index contributed by atoms with van der Waals surface area (Å²) in [4.78, 5) is 0. The zero-order chi connectivity index (χ0) is 11.6. The fourth-order valence-electron chi connectivity index (χ4n) is 1.44. The van der Waals surface area contributed by atoms with Gasteiger partial charge in [-0.1, -0.05) is 30.3 Å². The molecule has 1 saturated heterocycles. The van der Waals surface area contributed by atoms with Crippen LogP contribution in [-0.4, -0.2) is 37.0 Å². The molecule has 1 N–H and O–H groups in total. The van der Waals surface area contributed by atoms with Crippen molar-refractivity contribution in [1.82, 2.24) is 4.31 Å². The van der Waals surface area contributed by atoms with Crippen molar-refractivity contribution >= 4 is 16.1 Å². The molecule has 2 rings (SSSR count). The molecule has 0 aliphatic carbocycles. The number of rotatable bonds is 3. The van der Waals surface area contributed by atoms with E-state index in [0.717, 1.165) is 5.56 Å². The lowest BCUT2D eigenvalue weighted by molar-refractivity contribution is 0.0556. The molecule has 0 amide bonds. The summed E-state index contributed by atoms with van der Waals surface area (Å²) >= 11 is 0. The molecule has 0 aromatic heterocycles. The van der Waals surface area contributed by atoms with Gasteiger partial charge in [-0.25, -0.2) is 8.42 Å². The van der Waals surface area contributed by atoms with Gasteiger partial charge in [-0.15, -0.1) is 0 Å². The Kier molecular flexibility index (Phi) is 3.09. The van der Waals surface area contributed by atoms with E-state index in [4.69, 9.17) is 5.11 Å². The maximum Gasteiger partial charge on any atom is 0.236 e. The van der Waals surface area contributed by atoms with Crippen LogP contribution in [0.15, 0.2) is 35.7 Å². The lowest BCUT2D eigenvalue weighted by Gasteiger charge is -2.33. The Morgan fingerprint density at radius 3 is 2.44 bits per heavy atom. The molecule has 4 nitrogen and oxygen atoms in total. The van der Waals surface area contributed by atoms with Gasteiger partial charge in [-0.3, -0.25) is 0 Å². The number of sulfonamides is 1. The van der Waals surface area contributed by atoms with Crippen molar-refractivity contribution in [1.29, 1.82) is 0 Å². The zero-order valence-corrected chi connectivity index (χ0v) is 9.47. The molecule has 1 aromatic carbocycles. The largest absolute Gasteiger partial charge is 0.390 e. The summed E-state index contributed by atoms with van der Waals surface area (Å²) < 4.78 is 24.6. The van der Waals surface area contributed by atoms with Gasteiger partial charge in [0.1, 0.15) is 0 Å². The SMILES string of the molecule is O=S(=O)(C=Cc1ccccc1)N1CC(O)C1. The van der Waals surface area contributed by atoms with Gasteiger partial charge < -0.3 is 5.11 Å². The molecule has 16 heavy (non-hydrogen) atoms. The van der Waals surface area contributed by atoms with E-state index in [-0.39, 0.29) is 13.1 Å². The molecule has 1 fully saturated rings. The molecule has 5 heteroatoms. The van der Waals surface area contributed by atoms with E-state index in [1.807, 2.05) is 30.3 Å². The smallest absolute Gasteiger partial charge is 0.236 e. The van der Waals surface area contributed by atoms with Crippen LogP contribution in [0.5, 0.6) is 0 Å². The Morgan fingerprint density at radius 2 is 1.88 bits per heavy atom. The Bertz CT molecular complexity index is 475. The Morgan fingerprint density at radius 1 is 1.25 bits per heavy atom. The average molecular weight is 239 g/mol. The van der Waals surface area contributed by atoms with E-state index < -0.39 is 16.1 Å². The van der Waals surface area contributed by atoms with Crippen molar-refractivity contribution in [3.05, 3.63) is 41.3 Å². The summed E-state index contributed by atoms with van der Waals surface area (Å²) in [6.45, 7) is 0.392. The van der Waals surface area contributed by atoms with Crippen molar-refractivity contribution < 1.29 is 13.5 Å². The second-order valence-corrected chi connectivity index (χ2v) is 5.55. The molecule has 0 radical (unpaired) electrons. The quantitative estimate of drug-likeness (QED) is 0.843. The van der Waals surface area contributed by atoms with Crippen molar-refractivity contribution in [3.63, 3.8) is 0 Å². The maximum absolute atomic E-state index is 11.7. The Balaban J connectivity index is 2.07. The monoisotopic (exact) mass is 239 g/mol. The fourth-order valence-corrected chi connectivity index (χ4v) is 2.70. The lowest BCUT2D eigenvalue weighted by atomic mass is 10.2. The van der Waals surface area contributed by atoms with E-state index in [0.29, 0.717) is 0 Å². The first-order valence-electron chi connectivity index (χ1n) is 4.99. The molecule has 1 aliphatic heterocycles. The minimum atomic E-state index is -3.36. The highest BCUT2D eigenvalue weighted by atomic mass is 32.2. The number of aliphatic hydroxyl groups is 1. The van der Waals surface area contributed by atoms with Gasteiger partial charge in [0.25, 0.3) is 0 Å². The van der Waals surface area contributed by atoms with Crippen molar-refractivity contribution in [2.24, 2.45) is 0 Å². The van der Waals surface area contributed by atoms with Crippen LogP contribution in [0.4, 0.5) is 0 Å². The minimum Gasteiger partial charge on any atom is -0.390 e. The van der Waals surface area contributed by atoms with Crippen LogP contribution in [0.2, 0.25) is 0 Å². The molecule has 0 spiro atoms. The molecule has 0 bridgehead atoms. The number of nitrogens with zero attached hydrogens (tertiary/aromatic N) is 1. The summed E-state index contributed by atoms with van der Waals surface area (Å²) in [6.07, 6.45) is 1.04. The van der Waals surface area contributed by atoms with Crippen LogP contribution >= 0.6 is 0 Å². The number of aliphatic hydroxyl groups excluding tert-OH is 1. The third kappa shape index (κ3) is 2.49. The predicted octanol–water partition coefficient (Wildman–Crippen LogP) is 0.664. The minimum absolute atomic E-state index is 0.196. The third-order valence-electron chi connectivity index (χ3n) is 2.42. The lowest BCUT2D eigenvalue weighted by Crippen LogP contribution is -2.52. The zero-order valence-electron chi connectivity index (χ0n) is 8.65. The van der Waals surface area contributed by atoms with Gasteiger partial charge >= 0.3 is 0 Å². The Labute approximate surface area is 94.9 Å². The second-order valence-electron chi connectivity index (χ2n) is 3.73. The van der Waals surface area contributed by atoms with Gasteiger partial charge in [0.2, 0.25) is 10.0 Å². The molecule has 1 heterocycles. The number of β-amino-alcohol motifs (C(OH)–C–C–N with tert-alkyl or cyclic N) is 1. The van der Waals surface area contributed by atoms with E-state index in [1.165, 1.54) is 9.71 Å². The van der Waals surface area contributed by atoms with Gasteiger partial charge in [-0.2, -0.15) is 4.31 Å². The van der Waals surface area contributed by atoms with E-state index in [9.17, 15) is 8.42 Å². The van der Waals surface area contributed by atoms with E-state index in [1.54, 1.807) is 6.08 Å². The first kappa shape index (κ1) is 11.3. The van der Waals surface area contributed by atoms with Crippen LogP contribution in [-0.2, 0) is 10.0 Å². The molecular weight excluding hydrogens is 226 g/mol. The maximum atomic E-state index is 11.7. The van der Waals surface area contributed by atoms with E-state index in [2.05, 4.69) is 0 Å². The standard InChI is InChI=1S/C11H13NO3S/c13-11-8-12(9-11)16(14,15)7-6-10-4-2-1-3-5-10/h1-7,11,13H,8-9H2. The summed E-state index contributed by atoms with van der Waals surface area (Å²) in [5, 5.41) is 10.2. The topological polar surface area (TPSA) is 57.6 Å². The molecular formula is C11H13NO3S. The highest BCUT2D eigenvalue weighted by Gasteiger charge is 2.32. The summed E-state index contributed by atoms with van der Waals surface area (Å²) in [6, 6.07) is 9.23. The predicted molar refractivity (Wildman–Crippen MR) is 62.0 cm³/mol. The first-order valence-corrected chi connectivity index (χ1v) is 6.49. The van der Waals surface area contributed by atoms with Crippen molar-refractivity contribution in [2.75, 3.05) is 13.1 Å². The van der Waals surface area contributed by atoms with Crippen molar-refractivity contribution in [2.45, 2.75) is 6.10 Å². The molecule has 86 valence electrons. The van der Waals surface area contributed by atoms with Gasteiger partial charge in [0, 0.05) is 18.5 Å². The van der Waals surface area contributed by atoms with Crippen molar-refractivity contribution in [3.8, 4) is 0 Å². The number of benzene rings is 1. The number of hydrogen-bond donors (Lipinski definition) is 1. The van der Waals surface area contributed by atoms with Gasteiger partial charge in [-0.05, 0) is 11.6 Å². The average Bonchev–Trinajstić information content (AvgIpc) is 2.24. The van der Waals surface area contributed by atoms with Crippen LogP contribution < -0.4 is 0 Å². The van der Waals surface area contributed by atoms with E-state index >= 15 is 0 Å². The summed E-state index contributed by atoms with van der Waals surface area (Å²) in [5.41, 5.74) is 0.840. The first-order chi connectivity index (χ1) is 7.58. The summed E-state index contributed by atoms with van der Waals surface area (Å²) in [5.74, 6) is 0. The summed E-state index contributed by atoms with van der Waals surface area (Å²) in [7, 11) is -3.36. The third-order valence-corrected chi connectivity index (χ3v) is 3.92. The van der Waals surface area contributed by atoms with Crippen LogP contribution in [0.1, 0.15) is 5.56 Å². The fraction of sp³-hybridized carbons (Fsp3) is 0.273. The van der Waals surface area contributed by atoms with Crippen LogP contribution in [0, 0.1) is 0 Å². The molecule has 0 saturated carbocycles. The molecule has 1 aliphatic rings. The number of hydrogen-bond acceptors (Lipinski definition) is 3.